The second-order valence-electron chi connectivity index (χ2n) is 3.25. The first-order valence-electron chi connectivity index (χ1n) is 4.55. The molecular weight excluding hydrogens is 178 g/mol. The van der Waals surface area contributed by atoms with Crippen molar-refractivity contribution >= 4 is 5.97 Å². The molecule has 0 saturated heterocycles. The van der Waals surface area contributed by atoms with Crippen molar-refractivity contribution in [3.8, 4) is 0 Å². The van der Waals surface area contributed by atoms with E-state index in [4.69, 9.17) is 5.73 Å². The Kier molecular flexibility index (Phi) is 3.65. The molecule has 0 aliphatic rings. The Labute approximate surface area is 83.9 Å². The van der Waals surface area contributed by atoms with Crippen LogP contribution in [0, 0.1) is 5.92 Å². The van der Waals surface area contributed by atoms with E-state index in [1.165, 1.54) is 7.11 Å². The smallest absolute Gasteiger partial charge is 0.310 e. The van der Waals surface area contributed by atoms with Crippen LogP contribution in [0.1, 0.15) is 18.5 Å². The van der Waals surface area contributed by atoms with Crippen LogP contribution in [0.5, 0.6) is 0 Å². The van der Waals surface area contributed by atoms with Gasteiger partial charge in [0.1, 0.15) is 0 Å². The van der Waals surface area contributed by atoms with Crippen molar-refractivity contribution in [2.24, 2.45) is 11.7 Å². The molecular formula is C11H15NO2. The maximum Gasteiger partial charge on any atom is 0.310 e. The molecule has 1 aromatic carbocycles. The number of carbonyl (C=O) groups excluding carboxylic acids is 1. The molecule has 3 nitrogen and oxygen atoms in total. The van der Waals surface area contributed by atoms with Gasteiger partial charge in [0.15, 0.2) is 0 Å². The topological polar surface area (TPSA) is 52.3 Å². The number of rotatable bonds is 3. The molecule has 0 bridgehead atoms. The van der Waals surface area contributed by atoms with Crippen LogP contribution in [0.4, 0.5) is 0 Å². The highest BCUT2D eigenvalue weighted by molar-refractivity contribution is 5.73. The molecule has 2 N–H and O–H groups in total. The fourth-order valence-corrected chi connectivity index (χ4v) is 1.30. The monoisotopic (exact) mass is 193 g/mol. The predicted molar refractivity (Wildman–Crippen MR) is 54.6 cm³/mol. The average Bonchev–Trinajstić information content (AvgIpc) is 2.27. The van der Waals surface area contributed by atoms with E-state index in [1.54, 1.807) is 6.92 Å². The van der Waals surface area contributed by atoms with Gasteiger partial charge in [0, 0.05) is 6.04 Å². The first-order chi connectivity index (χ1) is 6.66. The average molecular weight is 193 g/mol. The van der Waals surface area contributed by atoms with Crippen molar-refractivity contribution < 1.29 is 9.53 Å². The summed E-state index contributed by atoms with van der Waals surface area (Å²) in [5.41, 5.74) is 6.86. The lowest BCUT2D eigenvalue weighted by Crippen LogP contribution is -2.26. The zero-order chi connectivity index (χ0) is 10.6. The Balaban J connectivity index is 2.75. The summed E-state index contributed by atoms with van der Waals surface area (Å²) < 4.78 is 4.64. The molecule has 0 aromatic heterocycles. The molecule has 0 unspecified atom stereocenters. The summed E-state index contributed by atoms with van der Waals surface area (Å²) in [6.07, 6.45) is 0. The van der Waals surface area contributed by atoms with Gasteiger partial charge in [-0.05, 0) is 5.56 Å². The minimum atomic E-state index is -0.317. The Morgan fingerprint density at radius 3 is 2.43 bits per heavy atom. The molecule has 0 radical (unpaired) electrons. The van der Waals surface area contributed by atoms with Crippen LogP contribution >= 0.6 is 0 Å². The maximum absolute atomic E-state index is 11.2. The number of hydrogen-bond donors (Lipinski definition) is 1. The number of nitrogens with two attached hydrogens (primary N) is 1. The first-order valence-corrected chi connectivity index (χ1v) is 4.55. The molecule has 0 aliphatic carbocycles. The minimum absolute atomic E-state index is 0.277. The maximum atomic E-state index is 11.2. The normalized spacial score (nSPS) is 14.5. The van der Waals surface area contributed by atoms with Crippen molar-refractivity contribution in [1.29, 1.82) is 0 Å². The summed E-state index contributed by atoms with van der Waals surface area (Å²) in [7, 11) is 1.37. The van der Waals surface area contributed by atoms with E-state index < -0.39 is 0 Å². The minimum Gasteiger partial charge on any atom is -0.469 e. The molecule has 0 amide bonds. The highest BCUT2D eigenvalue weighted by Gasteiger charge is 2.22. The molecule has 0 fully saturated rings. The molecule has 0 saturated carbocycles. The molecule has 1 rings (SSSR count). The Hall–Kier alpha value is -1.35. The van der Waals surface area contributed by atoms with Crippen molar-refractivity contribution in [3.63, 3.8) is 0 Å². The lowest BCUT2D eigenvalue weighted by atomic mass is 9.96. The number of esters is 1. The second-order valence-corrected chi connectivity index (χ2v) is 3.25. The highest BCUT2D eigenvalue weighted by atomic mass is 16.5. The van der Waals surface area contributed by atoms with Gasteiger partial charge in [0.05, 0.1) is 13.0 Å². The molecule has 2 atom stereocenters. The van der Waals surface area contributed by atoms with Crippen LogP contribution in [0.2, 0.25) is 0 Å². The largest absolute Gasteiger partial charge is 0.469 e. The third-order valence-electron chi connectivity index (χ3n) is 2.30. The van der Waals surface area contributed by atoms with Gasteiger partial charge in [0.25, 0.3) is 0 Å². The molecule has 0 aliphatic heterocycles. The lowest BCUT2D eigenvalue weighted by Gasteiger charge is -2.17. The number of methoxy groups -OCH3 is 1. The number of hydrogen-bond acceptors (Lipinski definition) is 3. The Morgan fingerprint density at radius 2 is 1.93 bits per heavy atom. The summed E-state index contributed by atoms with van der Waals surface area (Å²) >= 11 is 0. The van der Waals surface area contributed by atoms with Gasteiger partial charge < -0.3 is 10.5 Å². The molecule has 0 spiro atoms. The summed E-state index contributed by atoms with van der Waals surface area (Å²) in [5, 5.41) is 0. The van der Waals surface area contributed by atoms with Crippen LogP contribution < -0.4 is 5.73 Å². The summed E-state index contributed by atoms with van der Waals surface area (Å²) in [6.45, 7) is 1.77. The SMILES string of the molecule is COC(=O)[C@H](C)[C@@H](N)c1ccccc1. The third kappa shape index (κ3) is 2.33. The molecule has 1 aromatic rings. The van der Waals surface area contributed by atoms with Gasteiger partial charge in [-0.25, -0.2) is 0 Å². The Bertz CT molecular complexity index is 297. The van der Waals surface area contributed by atoms with Gasteiger partial charge in [-0.2, -0.15) is 0 Å². The van der Waals surface area contributed by atoms with E-state index in [0.29, 0.717) is 0 Å². The van der Waals surface area contributed by atoms with E-state index >= 15 is 0 Å². The summed E-state index contributed by atoms with van der Waals surface area (Å²) in [5.74, 6) is -0.594. The van der Waals surface area contributed by atoms with E-state index in [0.717, 1.165) is 5.56 Å². The van der Waals surface area contributed by atoms with E-state index in [1.807, 2.05) is 30.3 Å². The van der Waals surface area contributed by atoms with Gasteiger partial charge in [-0.15, -0.1) is 0 Å². The fourth-order valence-electron chi connectivity index (χ4n) is 1.30. The van der Waals surface area contributed by atoms with Crippen molar-refractivity contribution in [3.05, 3.63) is 35.9 Å². The molecule has 76 valence electrons. The van der Waals surface area contributed by atoms with Gasteiger partial charge in [0.2, 0.25) is 0 Å². The van der Waals surface area contributed by atoms with Crippen molar-refractivity contribution in [1.82, 2.24) is 0 Å². The molecule has 3 heteroatoms. The van der Waals surface area contributed by atoms with Crippen LogP contribution in [-0.2, 0) is 9.53 Å². The van der Waals surface area contributed by atoms with Crippen molar-refractivity contribution in [2.75, 3.05) is 7.11 Å². The lowest BCUT2D eigenvalue weighted by molar-refractivity contribution is -0.145. The Morgan fingerprint density at radius 1 is 1.36 bits per heavy atom. The predicted octanol–water partition coefficient (Wildman–Crippen LogP) is 1.50. The third-order valence-corrected chi connectivity index (χ3v) is 2.30. The first kappa shape index (κ1) is 10.7. The van der Waals surface area contributed by atoms with Gasteiger partial charge in [-0.3, -0.25) is 4.79 Å². The van der Waals surface area contributed by atoms with Crippen LogP contribution in [0.25, 0.3) is 0 Å². The quantitative estimate of drug-likeness (QED) is 0.740. The second kappa shape index (κ2) is 4.77. The zero-order valence-electron chi connectivity index (χ0n) is 8.44. The number of carbonyl (C=O) groups is 1. The van der Waals surface area contributed by atoms with Crippen molar-refractivity contribution in [2.45, 2.75) is 13.0 Å². The van der Waals surface area contributed by atoms with Crippen LogP contribution in [0.15, 0.2) is 30.3 Å². The summed E-state index contributed by atoms with van der Waals surface area (Å²) in [6, 6.07) is 9.23. The van der Waals surface area contributed by atoms with E-state index in [2.05, 4.69) is 4.74 Å². The van der Waals surface area contributed by atoms with Crippen LogP contribution in [0.3, 0.4) is 0 Å². The van der Waals surface area contributed by atoms with Gasteiger partial charge >= 0.3 is 5.97 Å². The van der Waals surface area contributed by atoms with Crippen LogP contribution in [-0.4, -0.2) is 13.1 Å². The zero-order valence-corrected chi connectivity index (χ0v) is 8.44. The van der Waals surface area contributed by atoms with Gasteiger partial charge in [-0.1, -0.05) is 37.3 Å². The fraction of sp³-hybridized carbons (Fsp3) is 0.364. The molecule has 0 heterocycles. The number of benzene rings is 1. The van der Waals surface area contributed by atoms with E-state index in [-0.39, 0.29) is 17.9 Å². The molecule has 14 heavy (non-hydrogen) atoms. The highest BCUT2D eigenvalue weighted by Crippen LogP contribution is 2.19. The number of ether oxygens (including phenoxy) is 1. The standard InChI is InChI=1S/C11H15NO2/c1-8(11(13)14-2)10(12)9-6-4-3-5-7-9/h3-8,10H,12H2,1-2H3/t8-,10-/m1/s1. The summed E-state index contributed by atoms with van der Waals surface area (Å²) in [4.78, 5) is 11.2. The van der Waals surface area contributed by atoms with E-state index in [9.17, 15) is 4.79 Å².